The van der Waals surface area contributed by atoms with Crippen molar-refractivity contribution in [3.05, 3.63) is 58.4 Å². The van der Waals surface area contributed by atoms with Crippen LogP contribution in [0, 0.1) is 6.92 Å². The molecule has 1 aliphatic carbocycles. The molecule has 1 amide bonds. The van der Waals surface area contributed by atoms with Crippen LogP contribution in [0.5, 0.6) is 0 Å². The van der Waals surface area contributed by atoms with E-state index < -0.39 is 0 Å². The number of aromatic nitrogens is 3. The summed E-state index contributed by atoms with van der Waals surface area (Å²) >= 11 is 1.65. The molecule has 0 bridgehead atoms. The average Bonchev–Trinajstić information content (AvgIpc) is 3.48. The molecule has 1 unspecified atom stereocenters. The van der Waals surface area contributed by atoms with E-state index in [1.807, 2.05) is 25.3 Å². The Hall–Kier alpha value is -2.73. The Kier molecular flexibility index (Phi) is 7.99. The molecule has 0 aliphatic heterocycles. The zero-order chi connectivity index (χ0) is 24.1. The number of hydrogen-bond acceptors (Lipinski definition) is 4. The summed E-state index contributed by atoms with van der Waals surface area (Å²) < 4.78 is 2.30. The molecule has 5 nitrogen and oxygen atoms in total. The van der Waals surface area contributed by atoms with Crippen molar-refractivity contribution >= 4 is 17.2 Å². The summed E-state index contributed by atoms with van der Waals surface area (Å²) in [5, 5.41) is 6.24. The van der Waals surface area contributed by atoms with Gasteiger partial charge in [0.1, 0.15) is 5.01 Å². The number of nitrogens with zero attached hydrogens (tertiary/aromatic N) is 3. The van der Waals surface area contributed by atoms with Gasteiger partial charge < -0.3 is 9.88 Å². The quantitative estimate of drug-likeness (QED) is 0.340. The SMILES string of the molecule is CCc1cc(-c2nc(-c3cc(C(=O)NC(C)CC)c(C)n3CCC3=CCCCC3)cs2)ccn1. The fourth-order valence-corrected chi connectivity index (χ4v) is 5.31. The molecular weight excluding hydrogens is 440 g/mol. The maximum Gasteiger partial charge on any atom is 0.253 e. The van der Waals surface area contributed by atoms with Crippen molar-refractivity contribution in [2.75, 3.05) is 0 Å². The monoisotopic (exact) mass is 476 g/mol. The van der Waals surface area contributed by atoms with Crippen LogP contribution in [-0.2, 0) is 13.0 Å². The number of rotatable bonds is 9. The van der Waals surface area contributed by atoms with Crippen molar-refractivity contribution in [1.82, 2.24) is 19.9 Å². The first-order valence-electron chi connectivity index (χ1n) is 12.6. The van der Waals surface area contributed by atoms with Crippen molar-refractivity contribution in [3.63, 3.8) is 0 Å². The summed E-state index contributed by atoms with van der Waals surface area (Å²) in [6.45, 7) is 9.18. The Morgan fingerprint density at radius 2 is 2.12 bits per heavy atom. The molecule has 0 aromatic carbocycles. The van der Waals surface area contributed by atoms with Crippen molar-refractivity contribution in [3.8, 4) is 22.0 Å². The van der Waals surface area contributed by atoms with E-state index in [9.17, 15) is 4.79 Å². The van der Waals surface area contributed by atoms with E-state index in [2.05, 4.69) is 53.2 Å². The van der Waals surface area contributed by atoms with E-state index in [0.717, 1.165) is 64.7 Å². The van der Waals surface area contributed by atoms with Crippen molar-refractivity contribution in [2.24, 2.45) is 0 Å². The fourth-order valence-electron chi connectivity index (χ4n) is 4.49. The van der Waals surface area contributed by atoms with Gasteiger partial charge in [0.05, 0.1) is 17.0 Å². The molecule has 0 saturated heterocycles. The molecule has 3 heterocycles. The molecule has 6 heteroatoms. The molecule has 1 atom stereocenters. The first-order valence-corrected chi connectivity index (χ1v) is 13.5. The number of pyridine rings is 1. The number of carbonyl (C=O) groups is 1. The van der Waals surface area contributed by atoms with E-state index in [-0.39, 0.29) is 11.9 Å². The summed E-state index contributed by atoms with van der Waals surface area (Å²) in [6.07, 6.45) is 12.1. The van der Waals surface area contributed by atoms with Gasteiger partial charge >= 0.3 is 0 Å². The van der Waals surface area contributed by atoms with Gasteiger partial charge in [-0.15, -0.1) is 11.3 Å². The zero-order valence-corrected chi connectivity index (χ0v) is 21.7. The van der Waals surface area contributed by atoms with Gasteiger partial charge in [-0.25, -0.2) is 4.98 Å². The van der Waals surface area contributed by atoms with Crippen LogP contribution in [0.2, 0.25) is 0 Å². The average molecular weight is 477 g/mol. The van der Waals surface area contributed by atoms with Crippen LogP contribution in [0.3, 0.4) is 0 Å². The van der Waals surface area contributed by atoms with Crippen LogP contribution in [0.15, 0.2) is 41.4 Å². The number of hydrogen-bond donors (Lipinski definition) is 1. The van der Waals surface area contributed by atoms with Gasteiger partial charge in [-0.1, -0.05) is 25.5 Å². The second-order valence-corrected chi connectivity index (χ2v) is 10.1. The lowest BCUT2D eigenvalue weighted by Crippen LogP contribution is -2.32. The van der Waals surface area contributed by atoms with Crippen LogP contribution >= 0.6 is 11.3 Å². The molecular formula is C28H36N4OS. The smallest absolute Gasteiger partial charge is 0.253 e. The van der Waals surface area contributed by atoms with E-state index >= 15 is 0 Å². The maximum atomic E-state index is 13.1. The van der Waals surface area contributed by atoms with Crippen molar-refractivity contribution in [2.45, 2.75) is 85.2 Å². The highest BCUT2D eigenvalue weighted by atomic mass is 32.1. The molecule has 180 valence electrons. The minimum absolute atomic E-state index is 0.000839. The Labute approximate surface area is 207 Å². The Bertz CT molecular complexity index is 1170. The van der Waals surface area contributed by atoms with Gasteiger partial charge in [-0.2, -0.15) is 0 Å². The molecule has 34 heavy (non-hydrogen) atoms. The number of carbonyl (C=O) groups excluding carboxylic acids is 1. The summed E-state index contributed by atoms with van der Waals surface area (Å²) in [4.78, 5) is 22.5. The number of aryl methyl sites for hydroxylation is 1. The third-order valence-corrected chi connectivity index (χ3v) is 7.73. The first-order chi connectivity index (χ1) is 16.5. The second-order valence-electron chi connectivity index (χ2n) is 9.25. The zero-order valence-electron chi connectivity index (χ0n) is 20.9. The van der Waals surface area contributed by atoms with Crippen LogP contribution in [0.1, 0.15) is 81.0 Å². The van der Waals surface area contributed by atoms with E-state index in [0.29, 0.717) is 0 Å². The topological polar surface area (TPSA) is 59.8 Å². The first kappa shape index (κ1) is 24.4. The number of allylic oxidation sites excluding steroid dienone is 2. The molecule has 1 aliphatic rings. The molecule has 0 radical (unpaired) electrons. The highest BCUT2D eigenvalue weighted by molar-refractivity contribution is 7.13. The molecule has 0 spiro atoms. The highest BCUT2D eigenvalue weighted by Gasteiger charge is 2.21. The second kappa shape index (κ2) is 11.1. The lowest BCUT2D eigenvalue weighted by Gasteiger charge is -2.16. The lowest BCUT2D eigenvalue weighted by molar-refractivity contribution is 0.0938. The molecule has 3 aromatic heterocycles. The summed E-state index contributed by atoms with van der Waals surface area (Å²) in [6, 6.07) is 6.32. The van der Waals surface area contributed by atoms with E-state index in [1.165, 1.54) is 25.7 Å². The van der Waals surface area contributed by atoms with Gasteiger partial charge in [-0.05, 0) is 77.0 Å². The van der Waals surface area contributed by atoms with Gasteiger partial charge in [-0.3, -0.25) is 9.78 Å². The molecule has 4 rings (SSSR count). The van der Waals surface area contributed by atoms with Crippen molar-refractivity contribution < 1.29 is 4.79 Å². The van der Waals surface area contributed by atoms with E-state index in [1.54, 1.807) is 16.9 Å². The largest absolute Gasteiger partial charge is 0.350 e. The van der Waals surface area contributed by atoms with Crippen LogP contribution in [0.25, 0.3) is 22.0 Å². The summed E-state index contributed by atoms with van der Waals surface area (Å²) in [5.41, 5.74) is 7.42. The third-order valence-electron chi connectivity index (χ3n) is 6.83. The standard InChI is InChI=1S/C28H36N4OS/c1-5-19(3)30-27(33)24-17-26(32(20(24)4)15-13-21-10-8-7-9-11-21)25-18-34-28(31-25)22-12-14-29-23(6-2)16-22/h10,12,14,16-19H,5-9,11,13,15H2,1-4H3,(H,30,33). The molecule has 0 fully saturated rings. The molecule has 0 saturated carbocycles. The number of thiazole rings is 1. The van der Waals surface area contributed by atoms with Crippen LogP contribution in [0.4, 0.5) is 0 Å². The predicted octanol–water partition coefficient (Wildman–Crippen LogP) is 6.96. The van der Waals surface area contributed by atoms with E-state index in [4.69, 9.17) is 4.98 Å². The van der Waals surface area contributed by atoms with Gasteiger partial charge in [0.15, 0.2) is 0 Å². The summed E-state index contributed by atoms with van der Waals surface area (Å²) in [7, 11) is 0. The van der Waals surface area contributed by atoms with Gasteiger partial charge in [0, 0.05) is 41.1 Å². The Balaban J connectivity index is 1.68. The minimum atomic E-state index is 0.000839. The number of nitrogens with one attached hydrogen (secondary N) is 1. The molecule has 1 N–H and O–H groups in total. The maximum absolute atomic E-state index is 13.1. The Morgan fingerprint density at radius 1 is 1.26 bits per heavy atom. The normalized spacial score (nSPS) is 14.6. The highest BCUT2D eigenvalue weighted by Crippen LogP contribution is 2.32. The number of amides is 1. The lowest BCUT2D eigenvalue weighted by atomic mass is 9.97. The van der Waals surface area contributed by atoms with Crippen LogP contribution in [-0.4, -0.2) is 26.5 Å². The van der Waals surface area contributed by atoms with Gasteiger partial charge in [0.25, 0.3) is 5.91 Å². The summed E-state index contributed by atoms with van der Waals surface area (Å²) in [5.74, 6) is 0.000839. The van der Waals surface area contributed by atoms with Crippen molar-refractivity contribution in [1.29, 1.82) is 0 Å². The molecule has 3 aromatic rings. The minimum Gasteiger partial charge on any atom is -0.350 e. The fraction of sp³-hybridized carbons (Fsp3) is 0.464. The predicted molar refractivity (Wildman–Crippen MR) is 141 cm³/mol. The van der Waals surface area contributed by atoms with Gasteiger partial charge in [0.2, 0.25) is 0 Å². The van der Waals surface area contributed by atoms with Crippen LogP contribution < -0.4 is 5.32 Å². The third kappa shape index (κ3) is 5.49. The Morgan fingerprint density at radius 3 is 2.85 bits per heavy atom.